The van der Waals surface area contributed by atoms with Gasteiger partial charge >= 0.3 is 0 Å². The molecular weight excluding hydrogens is 232 g/mol. The van der Waals surface area contributed by atoms with Crippen LogP contribution in [0.5, 0.6) is 0 Å². The molecule has 1 aliphatic rings. The van der Waals surface area contributed by atoms with Gasteiger partial charge in [-0.15, -0.1) is 0 Å². The van der Waals surface area contributed by atoms with Crippen LogP contribution in [0.2, 0.25) is 0 Å². The predicted octanol–water partition coefficient (Wildman–Crippen LogP) is 0.385. The Kier molecular flexibility index (Phi) is 2.70. The highest BCUT2D eigenvalue weighted by Crippen LogP contribution is 2.19. The van der Waals surface area contributed by atoms with E-state index < -0.39 is 9.84 Å². The summed E-state index contributed by atoms with van der Waals surface area (Å²) in [6.45, 7) is 0. The van der Waals surface area contributed by atoms with Crippen LogP contribution in [-0.4, -0.2) is 31.0 Å². The van der Waals surface area contributed by atoms with Crippen LogP contribution < -0.4 is 0 Å². The molecule has 0 aliphatic carbocycles. The van der Waals surface area contributed by atoms with Gasteiger partial charge in [-0.3, -0.25) is 4.79 Å². The number of ketones is 1. The van der Waals surface area contributed by atoms with E-state index in [1.807, 2.05) is 0 Å². The summed E-state index contributed by atoms with van der Waals surface area (Å²) in [6, 6.07) is 0. The Hall–Kier alpha value is 0.1000. The number of alkyl halides is 1. The van der Waals surface area contributed by atoms with Crippen LogP contribution in [0.4, 0.5) is 0 Å². The van der Waals surface area contributed by atoms with Gasteiger partial charge in [0.15, 0.2) is 9.84 Å². The quantitative estimate of drug-likeness (QED) is 0.657. The molecule has 64 valence electrons. The smallest absolute Gasteiger partial charge is 0.151 e. The second kappa shape index (κ2) is 3.23. The van der Waals surface area contributed by atoms with E-state index in [9.17, 15) is 13.2 Å². The number of hydrogen-bond donors (Lipinski definition) is 0. The second-order valence-corrected chi connectivity index (χ2v) is 5.49. The van der Waals surface area contributed by atoms with Crippen LogP contribution in [0.1, 0.15) is 6.42 Å². The molecule has 1 fully saturated rings. The van der Waals surface area contributed by atoms with Crippen molar-refractivity contribution in [2.75, 3.05) is 16.8 Å². The second-order valence-electron chi connectivity index (χ2n) is 2.70. The average molecular weight is 241 g/mol. The van der Waals surface area contributed by atoms with Crippen molar-refractivity contribution >= 4 is 31.6 Å². The number of carbonyl (C=O) groups is 1. The fourth-order valence-electron chi connectivity index (χ4n) is 1.16. The lowest BCUT2D eigenvalue weighted by Crippen LogP contribution is -2.16. The fourth-order valence-corrected chi connectivity index (χ4v) is 3.39. The molecule has 1 heterocycles. The number of carbonyl (C=O) groups excluding carboxylic acids is 1. The fraction of sp³-hybridized carbons (Fsp3) is 0.833. The third-order valence-electron chi connectivity index (χ3n) is 1.82. The van der Waals surface area contributed by atoms with Gasteiger partial charge in [-0.2, -0.15) is 0 Å². The van der Waals surface area contributed by atoms with Crippen LogP contribution in [0.25, 0.3) is 0 Å². The lowest BCUT2D eigenvalue weighted by Gasteiger charge is -2.00. The van der Waals surface area contributed by atoms with Gasteiger partial charge in [-0.25, -0.2) is 8.42 Å². The predicted molar refractivity (Wildman–Crippen MR) is 45.6 cm³/mol. The molecule has 1 aliphatic heterocycles. The summed E-state index contributed by atoms with van der Waals surface area (Å²) in [5.74, 6) is -0.0150. The first-order chi connectivity index (χ1) is 5.05. The van der Waals surface area contributed by atoms with Crippen molar-refractivity contribution < 1.29 is 13.2 Å². The van der Waals surface area contributed by atoms with Gasteiger partial charge in [0.25, 0.3) is 0 Å². The summed E-state index contributed by atoms with van der Waals surface area (Å²) >= 11 is 3.02. The monoisotopic (exact) mass is 240 g/mol. The Morgan fingerprint density at radius 1 is 1.55 bits per heavy atom. The Morgan fingerprint density at radius 2 is 2.18 bits per heavy atom. The molecular formula is C6H9BrO3S. The number of Topliss-reactive ketones (excluding diaryl/α,β-unsaturated/α-hetero) is 1. The van der Waals surface area contributed by atoms with E-state index in [0.29, 0.717) is 6.42 Å². The summed E-state index contributed by atoms with van der Waals surface area (Å²) in [5.41, 5.74) is 0. The summed E-state index contributed by atoms with van der Waals surface area (Å²) in [4.78, 5) is 11.0. The zero-order valence-corrected chi connectivity index (χ0v) is 8.32. The van der Waals surface area contributed by atoms with Crippen LogP contribution in [-0.2, 0) is 14.6 Å². The summed E-state index contributed by atoms with van der Waals surface area (Å²) in [5, 5.41) is 0.271. The summed E-state index contributed by atoms with van der Waals surface area (Å²) in [7, 11) is -2.89. The molecule has 0 aromatic carbocycles. The molecule has 0 aromatic heterocycles. The Labute approximate surface area is 74.2 Å². The van der Waals surface area contributed by atoms with Gasteiger partial charge in [0.1, 0.15) is 5.78 Å². The first kappa shape index (κ1) is 9.19. The maximum absolute atomic E-state index is 11.0. The SMILES string of the molecule is O=C(CBr)[C@@H]1CCS(=O)(=O)C1. The largest absolute Gasteiger partial charge is 0.298 e. The van der Waals surface area contributed by atoms with Crippen molar-refractivity contribution in [2.45, 2.75) is 6.42 Å². The molecule has 0 unspecified atom stereocenters. The van der Waals surface area contributed by atoms with Gasteiger partial charge in [-0.1, -0.05) is 15.9 Å². The minimum Gasteiger partial charge on any atom is -0.298 e. The van der Waals surface area contributed by atoms with E-state index in [4.69, 9.17) is 0 Å². The third kappa shape index (κ3) is 2.27. The molecule has 0 spiro atoms. The van der Waals surface area contributed by atoms with E-state index in [1.54, 1.807) is 0 Å². The molecule has 1 saturated heterocycles. The molecule has 0 aromatic rings. The van der Waals surface area contributed by atoms with E-state index in [-0.39, 0.29) is 28.5 Å². The zero-order valence-electron chi connectivity index (χ0n) is 5.92. The zero-order chi connectivity index (χ0) is 8.48. The van der Waals surface area contributed by atoms with Crippen molar-refractivity contribution in [3.05, 3.63) is 0 Å². The van der Waals surface area contributed by atoms with Crippen LogP contribution in [0.3, 0.4) is 0 Å². The molecule has 5 heteroatoms. The standard InChI is InChI=1S/C6H9BrO3S/c7-3-6(8)5-1-2-11(9,10)4-5/h5H,1-4H2/t5-/m1/s1. The van der Waals surface area contributed by atoms with Gasteiger partial charge in [-0.05, 0) is 6.42 Å². The van der Waals surface area contributed by atoms with Crippen LogP contribution in [0.15, 0.2) is 0 Å². The van der Waals surface area contributed by atoms with Gasteiger partial charge in [0.05, 0.1) is 16.8 Å². The minimum atomic E-state index is -2.89. The van der Waals surface area contributed by atoms with Gasteiger partial charge in [0, 0.05) is 5.92 Å². The molecule has 0 radical (unpaired) electrons. The average Bonchev–Trinajstić information content (AvgIpc) is 2.29. The Balaban J connectivity index is 2.62. The van der Waals surface area contributed by atoms with Crippen molar-refractivity contribution in [3.8, 4) is 0 Å². The molecule has 0 N–H and O–H groups in total. The topological polar surface area (TPSA) is 51.2 Å². The highest BCUT2D eigenvalue weighted by molar-refractivity contribution is 9.09. The van der Waals surface area contributed by atoms with E-state index in [1.165, 1.54) is 0 Å². The molecule has 1 atom stereocenters. The minimum absolute atomic E-state index is 0.00563. The normalized spacial score (nSPS) is 28.6. The number of hydrogen-bond acceptors (Lipinski definition) is 3. The lowest BCUT2D eigenvalue weighted by atomic mass is 10.1. The highest BCUT2D eigenvalue weighted by atomic mass is 79.9. The Morgan fingerprint density at radius 3 is 2.55 bits per heavy atom. The number of rotatable bonds is 2. The van der Waals surface area contributed by atoms with Crippen LogP contribution >= 0.6 is 15.9 Å². The molecule has 1 rings (SSSR count). The molecule has 0 amide bonds. The first-order valence-electron chi connectivity index (χ1n) is 3.34. The first-order valence-corrected chi connectivity index (χ1v) is 6.28. The van der Waals surface area contributed by atoms with E-state index in [2.05, 4.69) is 15.9 Å². The van der Waals surface area contributed by atoms with Crippen molar-refractivity contribution in [1.29, 1.82) is 0 Å². The highest BCUT2D eigenvalue weighted by Gasteiger charge is 2.31. The molecule has 11 heavy (non-hydrogen) atoms. The van der Waals surface area contributed by atoms with Crippen molar-refractivity contribution in [1.82, 2.24) is 0 Å². The Bertz CT molecular complexity index is 257. The van der Waals surface area contributed by atoms with Gasteiger partial charge in [0.2, 0.25) is 0 Å². The third-order valence-corrected chi connectivity index (χ3v) is 4.14. The maximum atomic E-state index is 11.0. The van der Waals surface area contributed by atoms with Crippen molar-refractivity contribution in [2.24, 2.45) is 5.92 Å². The molecule has 3 nitrogen and oxygen atoms in total. The number of halogens is 1. The lowest BCUT2D eigenvalue weighted by molar-refractivity contribution is -0.119. The number of sulfone groups is 1. The van der Waals surface area contributed by atoms with Gasteiger partial charge < -0.3 is 0 Å². The molecule has 0 saturated carbocycles. The van der Waals surface area contributed by atoms with Crippen molar-refractivity contribution in [3.63, 3.8) is 0 Å². The summed E-state index contributed by atoms with van der Waals surface area (Å²) in [6.07, 6.45) is 0.507. The van der Waals surface area contributed by atoms with Crippen LogP contribution in [0, 0.1) is 5.92 Å². The van der Waals surface area contributed by atoms with E-state index >= 15 is 0 Å². The van der Waals surface area contributed by atoms with E-state index in [0.717, 1.165) is 0 Å². The summed E-state index contributed by atoms with van der Waals surface area (Å²) < 4.78 is 21.8. The molecule has 0 bridgehead atoms. The maximum Gasteiger partial charge on any atom is 0.151 e.